The largest absolute Gasteiger partial charge is 0.391 e. The number of hydrogen-bond acceptors (Lipinski definition) is 5. The van der Waals surface area contributed by atoms with Gasteiger partial charge in [-0.25, -0.2) is 13.1 Å². The van der Waals surface area contributed by atoms with E-state index in [9.17, 15) is 8.42 Å². The van der Waals surface area contributed by atoms with Crippen molar-refractivity contribution in [3.05, 3.63) is 16.3 Å². The van der Waals surface area contributed by atoms with Crippen LogP contribution in [0.15, 0.2) is 16.3 Å². The molecule has 1 saturated carbocycles. The molecule has 3 rings (SSSR count). The summed E-state index contributed by atoms with van der Waals surface area (Å²) in [5.41, 5.74) is 0. The molecular weight excluding hydrogens is 284 g/mol. The van der Waals surface area contributed by atoms with Crippen LogP contribution in [0.1, 0.15) is 24.1 Å². The third-order valence-corrected chi connectivity index (χ3v) is 6.27. The van der Waals surface area contributed by atoms with Crippen molar-refractivity contribution >= 4 is 21.4 Å². The maximum absolute atomic E-state index is 12.2. The van der Waals surface area contributed by atoms with Crippen molar-refractivity contribution in [1.29, 1.82) is 0 Å². The van der Waals surface area contributed by atoms with E-state index in [-0.39, 0.29) is 17.5 Å². The molecule has 1 aromatic rings. The Morgan fingerprint density at radius 1 is 1.42 bits per heavy atom. The highest BCUT2D eigenvalue weighted by molar-refractivity contribution is 7.89. The SMILES string of the molecule is O=S(=O)(NC1CCN(C2CC2)C1)c1csc(CO)c1. The molecule has 1 saturated heterocycles. The fourth-order valence-electron chi connectivity index (χ4n) is 2.53. The van der Waals surface area contributed by atoms with Gasteiger partial charge in [0.25, 0.3) is 0 Å². The van der Waals surface area contributed by atoms with Gasteiger partial charge < -0.3 is 5.11 Å². The van der Waals surface area contributed by atoms with Gasteiger partial charge in [0.15, 0.2) is 0 Å². The number of thiophene rings is 1. The molecular formula is C12H18N2O3S2. The molecule has 0 amide bonds. The molecule has 0 aromatic carbocycles. The van der Waals surface area contributed by atoms with Gasteiger partial charge in [0.1, 0.15) is 0 Å². The molecule has 2 N–H and O–H groups in total. The minimum Gasteiger partial charge on any atom is -0.391 e. The molecule has 2 fully saturated rings. The summed E-state index contributed by atoms with van der Waals surface area (Å²) in [5, 5.41) is 10.6. The van der Waals surface area contributed by atoms with Gasteiger partial charge >= 0.3 is 0 Å². The summed E-state index contributed by atoms with van der Waals surface area (Å²) < 4.78 is 27.2. The van der Waals surface area contributed by atoms with Crippen molar-refractivity contribution < 1.29 is 13.5 Å². The van der Waals surface area contributed by atoms with Crippen LogP contribution in [0.2, 0.25) is 0 Å². The molecule has 1 aliphatic heterocycles. The summed E-state index contributed by atoms with van der Waals surface area (Å²) >= 11 is 1.27. The number of rotatable bonds is 5. The van der Waals surface area contributed by atoms with Crippen molar-refractivity contribution in [2.24, 2.45) is 0 Å². The second-order valence-electron chi connectivity index (χ2n) is 5.24. The van der Waals surface area contributed by atoms with Crippen LogP contribution in [0.5, 0.6) is 0 Å². The van der Waals surface area contributed by atoms with Crippen molar-refractivity contribution in [2.45, 2.75) is 42.8 Å². The van der Waals surface area contributed by atoms with Gasteiger partial charge in [-0.05, 0) is 25.3 Å². The smallest absolute Gasteiger partial charge is 0.241 e. The lowest BCUT2D eigenvalue weighted by molar-refractivity contribution is 0.285. The lowest BCUT2D eigenvalue weighted by atomic mass is 10.3. The third kappa shape index (κ3) is 3.00. The number of nitrogens with one attached hydrogen (secondary N) is 1. The van der Waals surface area contributed by atoms with E-state index in [0.29, 0.717) is 10.9 Å². The zero-order valence-electron chi connectivity index (χ0n) is 10.6. The van der Waals surface area contributed by atoms with Crippen LogP contribution >= 0.6 is 11.3 Å². The monoisotopic (exact) mass is 302 g/mol. The normalized spacial score (nSPS) is 25.0. The molecule has 0 bridgehead atoms. The number of sulfonamides is 1. The minimum absolute atomic E-state index is 0.0167. The number of aliphatic hydroxyl groups excluding tert-OH is 1. The van der Waals surface area contributed by atoms with Crippen molar-refractivity contribution in [3.63, 3.8) is 0 Å². The van der Waals surface area contributed by atoms with Gasteiger partial charge in [0, 0.05) is 35.4 Å². The Bertz CT molecular complexity index is 551. The molecule has 0 radical (unpaired) electrons. The lowest BCUT2D eigenvalue weighted by Gasteiger charge is -2.15. The Morgan fingerprint density at radius 2 is 2.21 bits per heavy atom. The Hall–Kier alpha value is -0.470. The van der Waals surface area contributed by atoms with Crippen molar-refractivity contribution in [1.82, 2.24) is 9.62 Å². The van der Waals surface area contributed by atoms with E-state index in [1.165, 1.54) is 24.2 Å². The average Bonchev–Trinajstić information content (AvgIpc) is 2.92. The first-order valence-electron chi connectivity index (χ1n) is 6.53. The van der Waals surface area contributed by atoms with E-state index < -0.39 is 10.0 Å². The summed E-state index contributed by atoms with van der Waals surface area (Å²) in [7, 11) is -3.44. The van der Waals surface area contributed by atoms with Gasteiger partial charge in [0.2, 0.25) is 10.0 Å². The van der Waals surface area contributed by atoms with Crippen LogP contribution in [0, 0.1) is 0 Å². The van der Waals surface area contributed by atoms with Crippen LogP contribution in [-0.4, -0.2) is 43.6 Å². The molecule has 1 atom stereocenters. The Labute approximate surface area is 117 Å². The van der Waals surface area contributed by atoms with Gasteiger partial charge in [-0.3, -0.25) is 4.90 Å². The quantitative estimate of drug-likeness (QED) is 0.842. The zero-order chi connectivity index (χ0) is 13.5. The summed E-state index contributed by atoms with van der Waals surface area (Å²) in [6.45, 7) is 1.70. The minimum atomic E-state index is -3.44. The van der Waals surface area contributed by atoms with Crippen molar-refractivity contribution in [3.8, 4) is 0 Å². The van der Waals surface area contributed by atoms with Gasteiger partial charge in [0.05, 0.1) is 11.5 Å². The Morgan fingerprint density at radius 3 is 2.84 bits per heavy atom. The average molecular weight is 302 g/mol. The van der Waals surface area contributed by atoms with E-state index in [1.54, 1.807) is 11.4 Å². The highest BCUT2D eigenvalue weighted by Crippen LogP contribution is 2.30. The van der Waals surface area contributed by atoms with E-state index in [0.717, 1.165) is 19.5 Å². The standard InChI is InChI=1S/C12H18N2O3S2/c15-7-11-5-12(8-18-11)19(16,17)13-9-3-4-14(6-9)10-1-2-10/h5,8-10,13,15H,1-4,6-7H2. The summed E-state index contributed by atoms with van der Waals surface area (Å²) in [4.78, 5) is 3.32. The third-order valence-electron chi connectivity index (χ3n) is 3.70. The highest BCUT2D eigenvalue weighted by atomic mass is 32.2. The fourth-order valence-corrected chi connectivity index (χ4v) is 4.92. The summed E-state index contributed by atoms with van der Waals surface area (Å²) in [6.07, 6.45) is 3.39. The maximum Gasteiger partial charge on any atom is 0.241 e. The molecule has 19 heavy (non-hydrogen) atoms. The van der Waals surface area contributed by atoms with Gasteiger partial charge in [-0.15, -0.1) is 11.3 Å². The van der Waals surface area contributed by atoms with Gasteiger partial charge in [-0.2, -0.15) is 0 Å². The van der Waals surface area contributed by atoms with Gasteiger partial charge in [-0.1, -0.05) is 0 Å². The summed E-state index contributed by atoms with van der Waals surface area (Å²) in [6, 6.07) is 2.25. The number of likely N-dealkylation sites (tertiary alicyclic amines) is 1. The molecule has 106 valence electrons. The zero-order valence-corrected chi connectivity index (χ0v) is 12.2. The lowest BCUT2D eigenvalue weighted by Crippen LogP contribution is -2.37. The van der Waals surface area contributed by atoms with E-state index in [4.69, 9.17) is 5.11 Å². The first kappa shape index (κ1) is 13.5. The van der Waals surface area contributed by atoms with Crippen LogP contribution < -0.4 is 4.72 Å². The predicted octanol–water partition coefficient (Wildman–Crippen LogP) is 0.755. The van der Waals surface area contributed by atoms with Crippen molar-refractivity contribution in [2.75, 3.05) is 13.1 Å². The predicted molar refractivity (Wildman–Crippen MR) is 73.6 cm³/mol. The fraction of sp³-hybridized carbons (Fsp3) is 0.667. The van der Waals surface area contributed by atoms with Crippen LogP contribution in [-0.2, 0) is 16.6 Å². The van der Waals surface area contributed by atoms with Crippen LogP contribution in [0.25, 0.3) is 0 Å². The second-order valence-corrected chi connectivity index (χ2v) is 7.95. The molecule has 1 unspecified atom stereocenters. The summed E-state index contributed by atoms with van der Waals surface area (Å²) in [5.74, 6) is 0. The topological polar surface area (TPSA) is 69.6 Å². The van der Waals surface area contributed by atoms with E-state index in [2.05, 4.69) is 9.62 Å². The number of hydrogen-bond donors (Lipinski definition) is 2. The number of nitrogens with zero attached hydrogens (tertiary/aromatic N) is 1. The first-order chi connectivity index (χ1) is 9.08. The molecule has 1 aliphatic carbocycles. The Balaban J connectivity index is 1.64. The highest BCUT2D eigenvalue weighted by Gasteiger charge is 2.35. The molecule has 5 nitrogen and oxygen atoms in total. The van der Waals surface area contributed by atoms with E-state index >= 15 is 0 Å². The Kier molecular flexibility index (Phi) is 3.65. The molecule has 2 heterocycles. The molecule has 1 aromatic heterocycles. The van der Waals surface area contributed by atoms with Crippen LogP contribution in [0.4, 0.5) is 0 Å². The second kappa shape index (κ2) is 5.14. The van der Waals surface area contributed by atoms with E-state index in [1.807, 2.05) is 0 Å². The molecule has 2 aliphatic rings. The maximum atomic E-state index is 12.2. The molecule has 0 spiro atoms. The number of aliphatic hydroxyl groups is 1. The first-order valence-corrected chi connectivity index (χ1v) is 8.89. The molecule has 7 heteroatoms. The van der Waals surface area contributed by atoms with Crippen LogP contribution in [0.3, 0.4) is 0 Å².